The molecule has 2 unspecified atom stereocenters. The van der Waals surface area contributed by atoms with Crippen molar-refractivity contribution in [2.45, 2.75) is 37.8 Å². The Morgan fingerprint density at radius 1 is 1.10 bits per heavy atom. The third-order valence-electron chi connectivity index (χ3n) is 5.15. The first-order valence-corrected chi connectivity index (χ1v) is 8.55. The highest BCUT2D eigenvalue weighted by Crippen LogP contribution is 2.22. The molecule has 0 bridgehead atoms. The number of rotatable bonds is 5. The van der Waals surface area contributed by atoms with Crippen LogP contribution in [0, 0.1) is 0 Å². The first-order valence-electron chi connectivity index (χ1n) is 8.55. The zero-order valence-electron chi connectivity index (χ0n) is 13.3. The van der Waals surface area contributed by atoms with Crippen LogP contribution < -0.4 is 5.32 Å². The lowest BCUT2D eigenvalue weighted by Crippen LogP contribution is -2.41. The van der Waals surface area contributed by atoms with Crippen LogP contribution in [0.25, 0.3) is 0 Å². The molecule has 2 heterocycles. The maximum Gasteiger partial charge on any atom is 0.0446 e. The Labute approximate surface area is 129 Å². The van der Waals surface area contributed by atoms with Crippen LogP contribution in [0.2, 0.25) is 0 Å². The lowest BCUT2D eigenvalue weighted by atomic mass is 10.1. The van der Waals surface area contributed by atoms with Crippen molar-refractivity contribution in [2.75, 3.05) is 39.8 Å². The van der Waals surface area contributed by atoms with E-state index < -0.39 is 0 Å². The van der Waals surface area contributed by atoms with E-state index >= 15 is 0 Å². The zero-order valence-corrected chi connectivity index (χ0v) is 13.3. The molecular formula is C18H29N3. The summed E-state index contributed by atoms with van der Waals surface area (Å²) in [5, 5.41) is 3.48. The topological polar surface area (TPSA) is 18.5 Å². The highest BCUT2D eigenvalue weighted by Gasteiger charge is 2.29. The Morgan fingerprint density at radius 3 is 2.57 bits per heavy atom. The molecule has 2 aliphatic rings. The van der Waals surface area contributed by atoms with Crippen LogP contribution in [0.4, 0.5) is 0 Å². The monoisotopic (exact) mass is 287 g/mol. The smallest absolute Gasteiger partial charge is 0.0446 e. The van der Waals surface area contributed by atoms with Crippen molar-refractivity contribution in [3.8, 4) is 0 Å². The molecule has 2 fully saturated rings. The van der Waals surface area contributed by atoms with E-state index in [4.69, 9.17) is 0 Å². The number of piperidine rings is 1. The second-order valence-corrected chi connectivity index (χ2v) is 6.55. The van der Waals surface area contributed by atoms with Crippen molar-refractivity contribution in [3.05, 3.63) is 35.9 Å². The number of benzene rings is 1. The predicted molar refractivity (Wildman–Crippen MR) is 88.5 cm³/mol. The van der Waals surface area contributed by atoms with Gasteiger partial charge in [-0.3, -0.25) is 9.80 Å². The van der Waals surface area contributed by atoms with Gasteiger partial charge in [0.05, 0.1) is 0 Å². The van der Waals surface area contributed by atoms with E-state index in [9.17, 15) is 0 Å². The first kappa shape index (κ1) is 15.0. The summed E-state index contributed by atoms with van der Waals surface area (Å²) in [4.78, 5) is 5.38. The molecule has 2 aliphatic heterocycles. The van der Waals surface area contributed by atoms with Crippen LogP contribution in [0.15, 0.2) is 30.3 Å². The van der Waals surface area contributed by atoms with Crippen molar-refractivity contribution in [1.29, 1.82) is 0 Å². The highest BCUT2D eigenvalue weighted by molar-refractivity contribution is 5.19. The summed E-state index contributed by atoms with van der Waals surface area (Å²) < 4.78 is 0. The molecular weight excluding hydrogens is 258 g/mol. The minimum Gasteiger partial charge on any atom is -0.312 e. The standard InChI is InChI=1S/C18H29N3/c1-19-18(16-8-4-2-5-9-16)15-20-13-10-17(14-20)21-11-6-3-7-12-21/h2,4-5,8-9,17-19H,3,6-7,10-15H2,1H3. The van der Waals surface area contributed by atoms with Gasteiger partial charge in [0.25, 0.3) is 0 Å². The molecule has 2 atom stereocenters. The molecule has 0 aliphatic carbocycles. The van der Waals surface area contributed by atoms with E-state index in [-0.39, 0.29) is 0 Å². The van der Waals surface area contributed by atoms with Gasteiger partial charge in [0.15, 0.2) is 0 Å². The summed E-state index contributed by atoms with van der Waals surface area (Å²) >= 11 is 0. The van der Waals surface area contributed by atoms with Crippen molar-refractivity contribution in [3.63, 3.8) is 0 Å². The van der Waals surface area contributed by atoms with Gasteiger partial charge in [0.2, 0.25) is 0 Å². The fraction of sp³-hybridized carbons (Fsp3) is 0.667. The van der Waals surface area contributed by atoms with E-state index in [1.54, 1.807) is 0 Å². The molecule has 0 saturated carbocycles. The molecule has 3 rings (SSSR count). The van der Waals surface area contributed by atoms with Gasteiger partial charge in [-0.2, -0.15) is 0 Å². The van der Waals surface area contributed by atoms with Crippen LogP contribution in [0.3, 0.4) is 0 Å². The number of likely N-dealkylation sites (tertiary alicyclic amines) is 2. The van der Waals surface area contributed by atoms with E-state index in [2.05, 4.69) is 52.5 Å². The molecule has 3 heteroatoms. The first-order chi connectivity index (χ1) is 10.4. The van der Waals surface area contributed by atoms with E-state index in [0.717, 1.165) is 12.6 Å². The molecule has 1 aromatic rings. The van der Waals surface area contributed by atoms with Gasteiger partial charge in [-0.05, 0) is 51.5 Å². The fourth-order valence-corrected chi connectivity index (χ4v) is 3.87. The predicted octanol–water partition coefficient (Wildman–Crippen LogP) is 2.51. The molecule has 0 aromatic heterocycles. The number of hydrogen-bond donors (Lipinski definition) is 1. The summed E-state index contributed by atoms with van der Waals surface area (Å²) in [6, 6.07) is 12.1. The van der Waals surface area contributed by atoms with Crippen LogP contribution in [0.1, 0.15) is 37.3 Å². The molecule has 0 spiro atoms. The average Bonchev–Trinajstić information content (AvgIpc) is 3.03. The summed E-state index contributed by atoms with van der Waals surface area (Å²) in [5.41, 5.74) is 1.40. The van der Waals surface area contributed by atoms with Gasteiger partial charge in [0.1, 0.15) is 0 Å². The molecule has 1 N–H and O–H groups in total. The van der Waals surface area contributed by atoms with E-state index in [1.807, 2.05) is 0 Å². The quantitative estimate of drug-likeness (QED) is 0.898. The molecule has 2 saturated heterocycles. The zero-order chi connectivity index (χ0) is 14.5. The third-order valence-corrected chi connectivity index (χ3v) is 5.15. The SMILES string of the molecule is CNC(CN1CCC(N2CCCCC2)C1)c1ccccc1. The van der Waals surface area contributed by atoms with Gasteiger partial charge >= 0.3 is 0 Å². The number of nitrogens with one attached hydrogen (secondary N) is 1. The minimum absolute atomic E-state index is 0.450. The number of nitrogens with zero attached hydrogens (tertiary/aromatic N) is 2. The third kappa shape index (κ3) is 3.85. The lowest BCUT2D eigenvalue weighted by Gasteiger charge is -2.32. The summed E-state index contributed by atoms with van der Waals surface area (Å²) in [7, 11) is 2.08. The summed E-state index contributed by atoms with van der Waals surface area (Å²) in [6.45, 7) is 6.29. The minimum atomic E-state index is 0.450. The summed E-state index contributed by atoms with van der Waals surface area (Å²) in [5.74, 6) is 0. The van der Waals surface area contributed by atoms with Gasteiger partial charge < -0.3 is 5.32 Å². The largest absolute Gasteiger partial charge is 0.312 e. The Morgan fingerprint density at radius 2 is 1.86 bits per heavy atom. The molecule has 21 heavy (non-hydrogen) atoms. The van der Waals surface area contributed by atoms with Crippen molar-refractivity contribution in [1.82, 2.24) is 15.1 Å². The number of likely N-dealkylation sites (N-methyl/N-ethyl adjacent to an activating group) is 1. The fourth-order valence-electron chi connectivity index (χ4n) is 3.87. The van der Waals surface area contributed by atoms with Crippen LogP contribution in [-0.2, 0) is 0 Å². The Balaban J connectivity index is 1.53. The Hall–Kier alpha value is -0.900. The maximum atomic E-state index is 3.48. The second kappa shape index (κ2) is 7.39. The molecule has 0 amide bonds. The van der Waals surface area contributed by atoms with Gasteiger partial charge in [0, 0.05) is 25.2 Å². The molecule has 1 aromatic carbocycles. The van der Waals surface area contributed by atoms with E-state index in [0.29, 0.717) is 6.04 Å². The Bertz CT molecular complexity index is 414. The average molecular weight is 287 g/mol. The van der Waals surface area contributed by atoms with Crippen LogP contribution >= 0.6 is 0 Å². The van der Waals surface area contributed by atoms with Crippen molar-refractivity contribution >= 4 is 0 Å². The molecule has 3 nitrogen and oxygen atoms in total. The van der Waals surface area contributed by atoms with E-state index in [1.165, 1.54) is 57.4 Å². The van der Waals surface area contributed by atoms with Crippen LogP contribution in [-0.4, -0.2) is 55.6 Å². The second-order valence-electron chi connectivity index (χ2n) is 6.55. The lowest BCUT2D eigenvalue weighted by molar-refractivity contribution is 0.160. The van der Waals surface area contributed by atoms with Crippen molar-refractivity contribution < 1.29 is 0 Å². The normalized spacial score (nSPS) is 26.0. The molecule has 116 valence electrons. The maximum absolute atomic E-state index is 3.48. The van der Waals surface area contributed by atoms with Gasteiger partial charge in [-0.25, -0.2) is 0 Å². The summed E-state index contributed by atoms with van der Waals surface area (Å²) in [6.07, 6.45) is 5.59. The number of hydrogen-bond acceptors (Lipinski definition) is 3. The van der Waals surface area contributed by atoms with Crippen molar-refractivity contribution in [2.24, 2.45) is 0 Å². The highest BCUT2D eigenvalue weighted by atomic mass is 15.3. The Kier molecular flexibility index (Phi) is 5.28. The van der Waals surface area contributed by atoms with Gasteiger partial charge in [-0.1, -0.05) is 36.8 Å². The van der Waals surface area contributed by atoms with Crippen LogP contribution in [0.5, 0.6) is 0 Å². The van der Waals surface area contributed by atoms with Gasteiger partial charge in [-0.15, -0.1) is 0 Å². The molecule has 0 radical (unpaired) electrons.